The fourth-order valence-electron chi connectivity index (χ4n) is 3.53. The van der Waals surface area contributed by atoms with Gasteiger partial charge >= 0.3 is 0 Å². The van der Waals surface area contributed by atoms with E-state index in [-0.39, 0.29) is 29.2 Å². The van der Waals surface area contributed by atoms with Crippen LogP contribution in [0.25, 0.3) is 5.69 Å². The van der Waals surface area contributed by atoms with Gasteiger partial charge in [-0.05, 0) is 31.0 Å². The smallest absolute Gasteiger partial charge is 0.254 e. The minimum Gasteiger partial charge on any atom is -0.365 e. The molecule has 9 nitrogen and oxygen atoms in total. The molecule has 1 fully saturated rings. The zero-order chi connectivity index (χ0) is 21.1. The summed E-state index contributed by atoms with van der Waals surface area (Å²) in [4.78, 5) is 20.4. The molecule has 1 amide bonds. The van der Waals surface area contributed by atoms with Gasteiger partial charge in [0.2, 0.25) is 5.95 Å². The van der Waals surface area contributed by atoms with Gasteiger partial charge in [-0.25, -0.2) is 14.1 Å². The molecule has 3 aromatic rings. The number of primary amides is 1. The molecule has 1 aromatic carbocycles. The van der Waals surface area contributed by atoms with Gasteiger partial charge in [0, 0.05) is 36.7 Å². The summed E-state index contributed by atoms with van der Waals surface area (Å²) in [6, 6.07) is 6.36. The van der Waals surface area contributed by atoms with Crippen LogP contribution >= 0.6 is 0 Å². The Labute approximate surface area is 172 Å². The summed E-state index contributed by atoms with van der Waals surface area (Å²) in [6.07, 6.45) is 8.65. The number of benzene rings is 1. The lowest BCUT2D eigenvalue weighted by atomic mass is 9.91. The highest BCUT2D eigenvalue weighted by Crippen LogP contribution is 2.25. The maximum Gasteiger partial charge on any atom is 0.254 e. The number of nitrogens with two attached hydrogens (primary N) is 2. The lowest BCUT2D eigenvalue weighted by Gasteiger charge is -2.29. The third-order valence-electron chi connectivity index (χ3n) is 5.16. The number of halogens is 1. The van der Waals surface area contributed by atoms with Crippen molar-refractivity contribution in [3.8, 4) is 5.69 Å². The Morgan fingerprint density at radius 3 is 2.80 bits per heavy atom. The Bertz CT molecular complexity index is 1040. The fourth-order valence-corrected chi connectivity index (χ4v) is 3.53. The van der Waals surface area contributed by atoms with E-state index in [0.29, 0.717) is 11.6 Å². The highest BCUT2D eigenvalue weighted by molar-refractivity contribution is 5.98. The van der Waals surface area contributed by atoms with Crippen LogP contribution in [0.2, 0.25) is 0 Å². The van der Waals surface area contributed by atoms with E-state index in [0.717, 1.165) is 25.7 Å². The molecule has 1 aliphatic carbocycles. The Kier molecular flexibility index (Phi) is 5.57. The SMILES string of the molecule is NC(=O)c1cnc(NC2CCCC[C@@H]2N)nc1Nc1ccc(-n2cccn2)cc1F. The van der Waals surface area contributed by atoms with Crippen molar-refractivity contribution in [1.29, 1.82) is 0 Å². The van der Waals surface area contributed by atoms with E-state index < -0.39 is 11.7 Å². The van der Waals surface area contributed by atoms with Crippen LogP contribution in [0.3, 0.4) is 0 Å². The van der Waals surface area contributed by atoms with Gasteiger partial charge in [0.05, 0.1) is 11.4 Å². The number of amides is 1. The second kappa shape index (κ2) is 8.46. The minimum absolute atomic E-state index is 0.00172. The van der Waals surface area contributed by atoms with Gasteiger partial charge in [-0.1, -0.05) is 12.8 Å². The van der Waals surface area contributed by atoms with Crippen LogP contribution in [0.5, 0.6) is 0 Å². The maximum absolute atomic E-state index is 14.7. The van der Waals surface area contributed by atoms with Crippen molar-refractivity contribution < 1.29 is 9.18 Å². The molecule has 0 bridgehead atoms. The average Bonchev–Trinajstić information content (AvgIpc) is 3.26. The zero-order valence-electron chi connectivity index (χ0n) is 16.3. The molecule has 10 heteroatoms. The van der Waals surface area contributed by atoms with Crippen molar-refractivity contribution in [1.82, 2.24) is 19.7 Å². The number of hydrogen-bond donors (Lipinski definition) is 4. The third kappa shape index (κ3) is 4.23. The Morgan fingerprint density at radius 1 is 1.27 bits per heavy atom. The molecule has 0 saturated heterocycles. The molecule has 0 aliphatic heterocycles. The molecule has 4 rings (SSSR count). The highest BCUT2D eigenvalue weighted by Gasteiger charge is 2.23. The number of nitrogens with one attached hydrogen (secondary N) is 2. The first-order valence-electron chi connectivity index (χ1n) is 9.77. The molecule has 1 aliphatic rings. The van der Waals surface area contributed by atoms with Crippen LogP contribution in [0.4, 0.5) is 21.8 Å². The van der Waals surface area contributed by atoms with Crippen LogP contribution in [0.1, 0.15) is 36.0 Å². The van der Waals surface area contributed by atoms with Gasteiger partial charge in [0.15, 0.2) is 0 Å². The summed E-state index contributed by atoms with van der Waals surface area (Å²) >= 11 is 0. The van der Waals surface area contributed by atoms with E-state index in [1.807, 2.05) is 0 Å². The number of nitrogens with zero attached hydrogens (tertiary/aromatic N) is 4. The quantitative estimate of drug-likeness (QED) is 0.489. The van der Waals surface area contributed by atoms with Gasteiger partial charge < -0.3 is 22.1 Å². The minimum atomic E-state index is -0.716. The summed E-state index contributed by atoms with van der Waals surface area (Å²) in [5.41, 5.74) is 12.4. The van der Waals surface area contributed by atoms with Crippen molar-refractivity contribution in [2.24, 2.45) is 11.5 Å². The molecule has 1 saturated carbocycles. The third-order valence-corrected chi connectivity index (χ3v) is 5.16. The van der Waals surface area contributed by atoms with Crippen molar-refractivity contribution in [2.75, 3.05) is 10.6 Å². The van der Waals surface area contributed by atoms with Gasteiger partial charge in [0.1, 0.15) is 17.2 Å². The van der Waals surface area contributed by atoms with Crippen molar-refractivity contribution >= 4 is 23.4 Å². The van der Waals surface area contributed by atoms with E-state index in [1.54, 1.807) is 35.3 Å². The first-order chi connectivity index (χ1) is 14.5. The van der Waals surface area contributed by atoms with E-state index in [4.69, 9.17) is 11.5 Å². The topological polar surface area (TPSA) is 137 Å². The van der Waals surface area contributed by atoms with E-state index in [1.165, 1.54) is 12.3 Å². The monoisotopic (exact) mass is 410 g/mol. The molecule has 0 spiro atoms. The molecule has 1 unspecified atom stereocenters. The summed E-state index contributed by atoms with van der Waals surface area (Å²) in [5.74, 6) is -0.818. The molecule has 6 N–H and O–H groups in total. The van der Waals surface area contributed by atoms with E-state index >= 15 is 0 Å². The number of carbonyl (C=O) groups excluding carboxylic acids is 1. The standard InChI is InChI=1S/C20H23FN8O/c21-14-10-12(29-9-3-8-25-29)6-7-16(14)26-19-13(18(23)30)11-24-20(28-19)27-17-5-2-1-4-15(17)22/h3,6-11,15,17H,1-2,4-5,22H2,(H2,23,30)(H2,24,26,27,28)/t15-,17?/m0/s1. The Hall–Kier alpha value is -3.53. The average molecular weight is 410 g/mol. The number of rotatable bonds is 6. The number of anilines is 3. The lowest BCUT2D eigenvalue weighted by Crippen LogP contribution is -2.43. The lowest BCUT2D eigenvalue weighted by molar-refractivity contribution is 0.100. The van der Waals surface area contributed by atoms with Crippen molar-refractivity contribution in [3.63, 3.8) is 0 Å². The summed E-state index contributed by atoms with van der Waals surface area (Å²) in [6.45, 7) is 0. The van der Waals surface area contributed by atoms with Crippen molar-refractivity contribution in [2.45, 2.75) is 37.8 Å². The Balaban J connectivity index is 1.59. The largest absolute Gasteiger partial charge is 0.365 e. The van der Waals surface area contributed by atoms with Gasteiger partial charge in [-0.3, -0.25) is 4.79 Å². The maximum atomic E-state index is 14.7. The second-order valence-electron chi connectivity index (χ2n) is 7.26. The molecule has 0 radical (unpaired) electrons. The number of carbonyl (C=O) groups is 1. The van der Waals surface area contributed by atoms with Gasteiger partial charge in [-0.15, -0.1) is 0 Å². The molecule has 2 atom stereocenters. The van der Waals surface area contributed by atoms with E-state index in [2.05, 4.69) is 25.7 Å². The predicted octanol–water partition coefficient (Wildman–Crippen LogP) is 2.33. The zero-order valence-corrected chi connectivity index (χ0v) is 16.3. The molecule has 30 heavy (non-hydrogen) atoms. The molecular weight excluding hydrogens is 387 g/mol. The predicted molar refractivity (Wildman–Crippen MR) is 111 cm³/mol. The number of hydrogen-bond acceptors (Lipinski definition) is 7. The number of aromatic nitrogens is 4. The van der Waals surface area contributed by atoms with Crippen LogP contribution in [0, 0.1) is 5.82 Å². The molecule has 2 aromatic heterocycles. The summed E-state index contributed by atoms with van der Waals surface area (Å²) < 4.78 is 16.2. The molecular formula is C20H23FN8O. The summed E-state index contributed by atoms with van der Waals surface area (Å²) in [5, 5.41) is 10.2. The van der Waals surface area contributed by atoms with Crippen LogP contribution < -0.4 is 22.1 Å². The normalized spacial score (nSPS) is 18.7. The van der Waals surface area contributed by atoms with Crippen LogP contribution in [-0.2, 0) is 0 Å². The molecule has 2 heterocycles. The first-order valence-corrected chi connectivity index (χ1v) is 9.77. The highest BCUT2D eigenvalue weighted by atomic mass is 19.1. The molecule has 156 valence electrons. The van der Waals surface area contributed by atoms with Gasteiger partial charge in [0.25, 0.3) is 5.91 Å². The fraction of sp³-hybridized carbons (Fsp3) is 0.300. The van der Waals surface area contributed by atoms with Crippen molar-refractivity contribution in [3.05, 3.63) is 54.2 Å². The second-order valence-corrected chi connectivity index (χ2v) is 7.26. The Morgan fingerprint density at radius 2 is 2.10 bits per heavy atom. The van der Waals surface area contributed by atoms with Crippen LogP contribution in [0.15, 0.2) is 42.9 Å². The van der Waals surface area contributed by atoms with E-state index in [9.17, 15) is 9.18 Å². The first kappa shape index (κ1) is 19.8. The van der Waals surface area contributed by atoms with Gasteiger partial charge in [-0.2, -0.15) is 10.1 Å². The summed E-state index contributed by atoms with van der Waals surface area (Å²) in [7, 11) is 0. The van der Waals surface area contributed by atoms with Crippen LogP contribution in [-0.4, -0.2) is 37.7 Å².